The minimum Gasteiger partial charge on any atom is -0.479 e. The summed E-state index contributed by atoms with van der Waals surface area (Å²) < 4.78 is 12.7. The molecule has 0 aliphatic heterocycles. The van der Waals surface area contributed by atoms with Crippen LogP contribution >= 0.6 is 0 Å². The number of hydrogen-bond acceptors (Lipinski definition) is 3. The van der Waals surface area contributed by atoms with E-state index in [1.54, 1.807) is 0 Å². The maximum Gasteiger partial charge on any atom is 0.335 e. The van der Waals surface area contributed by atoms with Crippen LogP contribution < -0.4 is 0 Å². The van der Waals surface area contributed by atoms with Gasteiger partial charge in [-0.05, 0) is 19.1 Å². The lowest BCUT2D eigenvalue weighted by molar-refractivity contribution is -0.156. The third kappa shape index (κ3) is 2.25. The van der Waals surface area contributed by atoms with Crippen molar-refractivity contribution in [3.05, 3.63) is 29.8 Å². The van der Waals surface area contributed by atoms with Crippen molar-refractivity contribution in [3.8, 4) is 0 Å². The average molecular weight is 240 g/mol. The summed E-state index contributed by atoms with van der Waals surface area (Å²) in [6.07, 6.45) is 0.921. The van der Waals surface area contributed by atoms with E-state index in [0.29, 0.717) is 0 Å². The normalized spacial score (nSPS) is 13.9. The van der Waals surface area contributed by atoms with Crippen LogP contribution in [-0.2, 0) is 15.1 Å². The SMILES string of the molecule is CC(=O)N(C)C(C)(C(=O)O)c1ccc(F)cn1. The fourth-order valence-corrected chi connectivity index (χ4v) is 1.40. The molecule has 6 heteroatoms. The van der Waals surface area contributed by atoms with Gasteiger partial charge >= 0.3 is 5.97 Å². The number of carboxylic acids is 1. The molecule has 92 valence electrons. The molecule has 0 bridgehead atoms. The lowest BCUT2D eigenvalue weighted by Gasteiger charge is -2.33. The van der Waals surface area contributed by atoms with Crippen LogP contribution in [0.1, 0.15) is 19.5 Å². The monoisotopic (exact) mass is 240 g/mol. The Morgan fingerprint density at radius 3 is 2.41 bits per heavy atom. The number of halogens is 1. The van der Waals surface area contributed by atoms with E-state index in [-0.39, 0.29) is 5.69 Å². The number of nitrogens with zero attached hydrogens (tertiary/aromatic N) is 2. The molecule has 1 N–H and O–H groups in total. The second-order valence-electron chi connectivity index (χ2n) is 3.82. The maximum absolute atomic E-state index is 12.7. The summed E-state index contributed by atoms with van der Waals surface area (Å²) >= 11 is 0. The van der Waals surface area contributed by atoms with Gasteiger partial charge in [0.2, 0.25) is 5.91 Å². The van der Waals surface area contributed by atoms with E-state index < -0.39 is 23.2 Å². The third-order valence-corrected chi connectivity index (χ3v) is 2.79. The number of aromatic nitrogens is 1. The fourth-order valence-electron chi connectivity index (χ4n) is 1.40. The number of carbonyl (C=O) groups excluding carboxylic acids is 1. The number of aliphatic carboxylic acids is 1. The largest absolute Gasteiger partial charge is 0.479 e. The zero-order chi connectivity index (χ0) is 13.2. The van der Waals surface area contributed by atoms with Crippen molar-refractivity contribution in [2.75, 3.05) is 7.05 Å². The van der Waals surface area contributed by atoms with Crippen LogP contribution in [0.3, 0.4) is 0 Å². The van der Waals surface area contributed by atoms with Crippen LogP contribution in [0.4, 0.5) is 4.39 Å². The predicted molar refractivity (Wildman–Crippen MR) is 57.6 cm³/mol. The second kappa shape index (κ2) is 4.48. The van der Waals surface area contributed by atoms with Gasteiger partial charge in [0.15, 0.2) is 5.54 Å². The smallest absolute Gasteiger partial charge is 0.335 e. The van der Waals surface area contributed by atoms with Crippen LogP contribution in [0, 0.1) is 5.82 Å². The first-order chi connectivity index (χ1) is 7.80. The molecule has 1 atom stereocenters. The Kier molecular flexibility index (Phi) is 3.45. The molecule has 0 radical (unpaired) electrons. The summed E-state index contributed by atoms with van der Waals surface area (Å²) in [6, 6.07) is 2.36. The van der Waals surface area contributed by atoms with Crippen LogP contribution in [-0.4, -0.2) is 33.9 Å². The second-order valence-corrected chi connectivity index (χ2v) is 3.82. The molecule has 5 nitrogen and oxygen atoms in total. The zero-order valence-electron chi connectivity index (χ0n) is 9.77. The molecule has 1 aromatic rings. The fraction of sp³-hybridized carbons (Fsp3) is 0.364. The van der Waals surface area contributed by atoms with Gasteiger partial charge in [-0.15, -0.1) is 0 Å². The number of carboxylic acid groups (broad SMARTS) is 1. The quantitative estimate of drug-likeness (QED) is 0.855. The molecule has 1 amide bonds. The van der Waals surface area contributed by atoms with Crippen molar-refractivity contribution >= 4 is 11.9 Å². The minimum absolute atomic E-state index is 0.101. The van der Waals surface area contributed by atoms with E-state index in [1.165, 1.54) is 27.0 Å². The summed E-state index contributed by atoms with van der Waals surface area (Å²) in [5.41, 5.74) is -1.51. The molecular weight excluding hydrogens is 227 g/mol. The minimum atomic E-state index is -1.61. The van der Waals surface area contributed by atoms with Gasteiger partial charge in [-0.25, -0.2) is 9.18 Å². The topological polar surface area (TPSA) is 70.5 Å². The Morgan fingerprint density at radius 1 is 1.47 bits per heavy atom. The van der Waals surface area contributed by atoms with E-state index in [9.17, 15) is 19.1 Å². The number of pyridine rings is 1. The van der Waals surface area contributed by atoms with E-state index in [0.717, 1.165) is 17.2 Å². The summed E-state index contributed by atoms with van der Waals surface area (Å²) in [5.74, 6) is -2.21. The Balaban J connectivity index is 3.30. The predicted octanol–water partition coefficient (Wildman–Crippen LogP) is 0.999. The Hall–Kier alpha value is -1.98. The van der Waals surface area contributed by atoms with Crippen molar-refractivity contribution in [3.63, 3.8) is 0 Å². The van der Waals surface area contributed by atoms with E-state index in [4.69, 9.17) is 0 Å². The first kappa shape index (κ1) is 13.1. The van der Waals surface area contributed by atoms with Crippen LogP contribution in [0.15, 0.2) is 18.3 Å². The van der Waals surface area contributed by atoms with Crippen molar-refractivity contribution in [2.24, 2.45) is 0 Å². The number of hydrogen-bond donors (Lipinski definition) is 1. The van der Waals surface area contributed by atoms with Crippen molar-refractivity contribution < 1.29 is 19.1 Å². The van der Waals surface area contributed by atoms with Crippen molar-refractivity contribution in [1.82, 2.24) is 9.88 Å². The highest BCUT2D eigenvalue weighted by Gasteiger charge is 2.42. The first-order valence-electron chi connectivity index (χ1n) is 4.90. The number of likely N-dealkylation sites (N-methyl/N-ethyl adjacent to an activating group) is 1. The molecule has 0 fully saturated rings. The van der Waals surface area contributed by atoms with E-state index in [2.05, 4.69) is 4.98 Å². The Labute approximate surface area is 97.9 Å². The highest BCUT2D eigenvalue weighted by molar-refractivity contribution is 5.86. The molecule has 1 heterocycles. The molecule has 0 aliphatic rings. The highest BCUT2D eigenvalue weighted by atomic mass is 19.1. The summed E-state index contributed by atoms with van der Waals surface area (Å²) in [5, 5.41) is 9.25. The highest BCUT2D eigenvalue weighted by Crippen LogP contribution is 2.26. The van der Waals surface area contributed by atoms with Crippen molar-refractivity contribution in [1.29, 1.82) is 0 Å². The van der Waals surface area contributed by atoms with Gasteiger partial charge in [-0.3, -0.25) is 9.78 Å². The molecular formula is C11H13FN2O3. The molecule has 1 unspecified atom stereocenters. The molecule has 0 saturated heterocycles. The van der Waals surface area contributed by atoms with Crippen LogP contribution in [0.25, 0.3) is 0 Å². The van der Waals surface area contributed by atoms with Gasteiger partial charge in [0.05, 0.1) is 11.9 Å². The Bertz CT molecular complexity index is 447. The number of rotatable bonds is 3. The van der Waals surface area contributed by atoms with Gasteiger partial charge in [0.25, 0.3) is 0 Å². The molecule has 0 saturated carbocycles. The molecule has 0 aliphatic carbocycles. The number of carbonyl (C=O) groups is 2. The molecule has 1 rings (SSSR count). The van der Waals surface area contributed by atoms with Gasteiger partial charge in [-0.2, -0.15) is 0 Å². The molecule has 0 spiro atoms. The summed E-state index contributed by atoms with van der Waals surface area (Å²) in [4.78, 5) is 27.4. The standard InChI is InChI=1S/C11H13FN2O3/c1-7(15)14(3)11(2,10(16)17)9-5-4-8(12)6-13-9/h4-6H,1-3H3,(H,16,17). The molecule has 0 aromatic carbocycles. The number of amides is 1. The Morgan fingerprint density at radius 2 is 2.06 bits per heavy atom. The first-order valence-corrected chi connectivity index (χ1v) is 4.90. The maximum atomic E-state index is 12.7. The lowest BCUT2D eigenvalue weighted by Crippen LogP contribution is -2.50. The van der Waals surface area contributed by atoms with Crippen LogP contribution in [0.2, 0.25) is 0 Å². The molecule has 1 aromatic heterocycles. The zero-order valence-corrected chi connectivity index (χ0v) is 9.77. The summed E-state index contributed by atoms with van der Waals surface area (Å²) in [7, 11) is 1.36. The van der Waals surface area contributed by atoms with Gasteiger partial charge in [-0.1, -0.05) is 0 Å². The molecule has 17 heavy (non-hydrogen) atoms. The van der Waals surface area contributed by atoms with E-state index in [1.807, 2.05) is 0 Å². The average Bonchev–Trinajstić information content (AvgIpc) is 2.27. The summed E-state index contributed by atoms with van der Waals surface area (Å²) in [6.45, 7) is 2.60. The van der Waals surface area contributed by atoms with E-state index >= 15 is 0 Å². The lowest BCUT2D eigenvalue weighted by atomic mass is 9.95. The van der Waals surface area contributed by atoms with Gasteiger partial charge < -0.3 is 10.0 Å². The third-order valence-electron chi connectivity index (χ3n) is 2.79. The van der Waals surface area contributed by atoms with Gasteiger partial charge in [0.1, 0.15) is 5.82 Å². The van der Waals surface area contributed by atoms with Gasteiger partial charge in [0, 0.05) is 14.0 Å². The van der Waals surface area contributed by atoms with Crippen LogP contribution in [0.5, 0.6) is 0 Å². The van der Waals surface area contributed by atoms with Crippen molar-refractivity contribution in [2.45, 2.75) is 19.4 Å².